The molecule has 0 radical (unpaired) electrons. The lowest BCUT2D eigenvalue weighted by atomic mass is 10.3. The van der Waals surface area contributed by atoms with Crippen LogP contribution in [0.4, 0.5) is 26.0 Å². The minimum atomic E-state index is -0.858. The van der Waals surface area contributed by atoms with Gasteiger partial charge < -0.3 is 16.8 Å². The van der Waals surface area contributed by atoms with Gasteiger partial charge in [0.05, 0.1) is 23.8 Å². The van der Waals surface area contributed by atoms with E-state index < -0.39 is 23.2 Å². The van der Waals surface area contributed by atoms with Gasteiger partial charge in [-0.05, 0) is 24.3 Å². The van der Waals surface area contributed by atoms with Crippen molar-refractivity contribution in [2.45, 2.75) is 0 Å². The van der Waals surface area contributed by atoms with Gasteiger partial charge in [0.15, 0.2) is 17.3 Å². The van der Waals surface area contributed by atoms with Crippen molar-refractivity contribution in [2.75, 3.05) is 11.1 Å². The maximum atomic E-state index is 13.9. The smallest absolute Gasteiger partial charge is 0.271 e. The number of anilines is 3. The number of nitrogens with one attached hydrogen (secondary N) is 1. The number of hydrogen-bond donors (Lipinski definition) is 3. The van der Waals surface area contributed by atoms with Crippen LogP contribution in [0.5, 0.6) is 0 Å². The van der Waals surface area contributed by atoms with Gasteiger partial charge in [0.1, 0.15) is 11.5 Å². The molecule has 9 heteroatoms. The number of nitrogen functional groups attached to an aromatic ring is 1. The molecule has 0 fully saturated rings. The van der Waals surface area contributed by atoms with E-state index in [1.54, 1.807) is 12.1 Å². The minimum Gasteiger partial charge on any atom is -0.397 e. The van der Waals surface area contributed by atoms with Crippen LogP contribution >= 0.6 is 0 Å². The highest BCUT2D eigenvalue weighted by atomic mass is 19.1. The van der Waals surface area contributed by atoms with Crippen LogP contribution in [0, 0.1) is 11.6 Å². The van der Waals surface area contributed by atoms with Crippen molar-refractivity contribution in [1.82, 2.24) is 14.8 Å². The molecule has 1 aromatic carbocycles. The fourth-order valence-electron chi connectivity index (χ4n) is 2.09. The predicted molar refractivity (Wildman–Crippen MR) is 83.9 cm³/mol. The average molecular weight is 330 g/mol. The number of aromatic nitrogens is 3. The van der Waals surface area contributed by atoms with Crippen LogP contribution in [0.1, 0.15) is 10.5 Å². The second-order valence-electron chi connectivity index (χ2n) is 4.87. The van der Waals surface area contributed by atoms with Crippen molar-refractivity contribution >= 4 is 23.1 Å². The van der Waals surface area contributed by atoms with Crippen molar-refractivity contribution in [1.29, 1.82) is 0 Å². The molecule has 0 aliphatic rings. The monoisotopic (exact) mass is 330 g/mol. The fraction of sp³-hybridized carbons (Fsp3) is 0. The molecule has 122 valence electrons. The molecule has 0 saturated carbocycles. The number of benzene rings is 1. The van der Waals surface area contributed by atoms with Gasteiger partial charge in [-0.2, -0.15) is 5.10 Å². The number of para-hydroxylation sites is 1. The summed E-state index contributed by atoms with van der Waals surface area (Å²) in [6.07, 6.45) is 2.66. The number of amides is 1. The van der Waals surface area contributed by atoms with E-state index in [1.807, 2.05) is 0 Å². The molecular formula is C15H12F2N6O. The molecule has 0 bridgehead atoms. The molecule has 5 N–H and O–H groups in total. The number of carbonyl (C=O) groups is 1. The summed E-state index contributed by atoms with van der Waals surface area (Å²) in [4.78, 5) is 15.6. The summed E-state index contributed by atoms with van der Waals surface area (Å²) in [5, 5.41) is 6.68. The number of nitrogens with zero attached hydrogens (tertiary/aromatic N) is 3. The summed E-state index contributed by atoms with van der Waals surface area (Å²) < 4.78 is 28.7. The molecule has 0 aliphatic heterocycles. The van der Waals surface area contributed by atoms with Crippen LogP contribution in [-0.2, 0) is 0 Å². The van der Waals surface area contributed by atoms with Crippen LogP contribution in [0.3, 0.4) is 0 Å². The van der Waals surface area contributed by atoms with Gasteiger partial charge in [0, 0.05) is 0 Å². The van der Waals surface area contributed by atoms with E-state index >= 15 is 0 Å². The normalized spacial score (nSPS) is 10.6. The zero-order chi connectivity index (χ0) is 17.3. The zero-order valence-electron chi connectivity index (χ0n) is 12.2. The standard InChI is InChI=1S/C15H12F2N6O/c16-9-2-1-3-10(17)14(9)23-7-11(13(22-23)15(19)24)21-12-5-4-8(18)6-20-12/h1-7H,18H2,(H2,19,24)(H,20,21). The Morgan fingerprint density at radius 3 is 2.46 bits per heavy atom. The second-order valence-corrected chi connectivity index (χ2v) is 4.87. The summed E-state index contributed by atoms with van der Waals surface area (Å²) in [6, 6.07) is 6.56. The highest BCUT2D eigenvalue weighted by molar-refractivity contribution is 5.97. The molecule has 0 saturated heterocycles. The Morgan fingerprint density at radius 1 is 1.17 bits per heavy atom. The van der Waals surface area contributed by atoms with E-state index in [9.17, 15) is 13.6 Å². The Labute approximate surface area is 134 Å². The summed E-state index contributed by atoms with van der Waals surface area (Å²) >= 11 is 0. The van der Waals surface area contributed by atoms with Crippen molar-refractivity contribution < 1.29 is 13.6 Å². The van der Waals surface area contributed by atoms with Crippen molar-refractivity contribution in [2.24, 2.45) is 5.73 Å². The number of carbonyl (C=O) groups excluding carboxylic acids is 1. The Bertz CT molecular complexity index is 887. The summed E-state index contributed by atoms with van der Waals surface area (Å²) in [5.74, 6) is -2.15. The lowest BCUT2D eigenvalue weighted by molar-refractivity contribution is 0.0996. The van der Waals surface area contributed by atoms with E-state index in [0.717, 1.165) is 16.8 Å². The third-order valence-corrected chi connectivity index (χ3v) is 3.16. The first kappa shape index (κ1) is 15.4. The van der Waals surface area contributed by atoms with Crippen LogP contribution < -0.4 is 16.8 Å². The van der Waals surface area contributed by atoms with E-state index in [2.05, 4.69) is 15.4 Å². The topological polar surface area (TPSA) is 112 Å². The molecule has 2 aromatic heterocycles. The first-order chi connectivity index (χ1) is 11.5. The van der Waals surface area contributed by atoms with Crippen LogP contribution in [-0.4, -0.2) is 20.7 Å². The highest BCUT2D eigenvalue weighted by Crippen LogP contribution is 2.23. The lowest BCUT2D eigenvalue weighted by Crippen LogP contribution is -2.14. The number of rotatable bonds is 4. The van der Waals surface area contributed by atoms with Gasteiger partial charge in [0.25, 0.3) is 5.91 Å². The van der Waals surface area contributed by atoms with Gasteiger partial charge in [0.2, 0.25) is 0 Å². The first-order valence-corrected chi connectivity index (χ1v) is 6.78. The molecule has 0 aliphatic carbocycles. The van der Waals surface area contributed by atoms with Gasteiger partial charge >= 0.3 is 0 Å². The van der Waals surface area contributed by atoms with E-state index in [1.165, 1.54) is 18.5 Å². The predicted octanol–water partition coefficient (Wildman–Crippen LogP) is 1.97. The molecule has 0 atom stereocenters. The fourth-order valence-corrected chi connectivity index (χ4v) is 2.09. The number of halogens is 2. The van der Waals surface area contributed by atoms with Crippen LogP contribution in [0.2, 0.25) is 0 Å². The number of pyridine rings is 1. The SMILES string of the molecule is NC(=O)c1nn(-c2c(F)cccc2F)cc1Nc1ccc(N)cn1. The van der Waals surface area contributed by atoms with Crippen molar-refractivity contribution in [3.05, 3.63) is 60.1 Å². The Kier molecular flexibility index (Phi) is 3.82. The molecule has 24 heavy (non-hydrogen) atoms. The van der Waals surface area contributed by atoms with E-state index in [-0.39, 0.29) is 11.4 Å². The first-order valence-electron chi connectivity index (χ1n) is 6.78. The average Bonchev–Trinajstić information content (AvgIpc) is 2.93. The van der Waals surface area contributed by atoms with Gasteiger partial charge in [-0.15, -0.1) is 0 Å². The van der Waals surface area contributed by atoms with E-state index in [0.29, 0.717) is 11.5 Å². The van der Waals surface area contributed by atoms with Gasteiger partial charge in [-0.25, -0.2) is 18.4 Å². The van der Waals surface area contributed by atoms with Gasteiger partial charge in [-0.1, -0.05) is 6.07 Å². The maximum absolute atomic E-state index is 13.9. The second kappa shape index (κ2) is 5.95. The summed E-state index contributed by atoms with van der Waals surface area (Å²) in [5.41, 5.74) is 10.8. The Morgan fingerprint density at radius 2 is 1.88 bits per heavy atom. The molecule has 0 unspecified atom stereocenters. The molecule has 3 rings (SSSR count). The van der Waals surface area contributed by atoms with Crippen molar-refractivity contribution in [3.63, 3.8) is 0 Å². The molecule has 3 aromatic rings. The van der Waals surface area contributed by atoms with E-state index in [4.69, 9.17) is 11.5 Å². The quantitative estimate of drug-likeness (QED) is 0.677. The lowest BCUT2D eigenvalue weighted by Gasteiger charge is -2.04. The molecule has 2 heterocycles. The van der Waals surface area contributed by atoms with Gasteiger partial charge in [-0.3, -0.25) is 4.79 Å². The molecule has 1 amide bonds. The minimum absolute atomic E-state index is 0.155. The molecule has 7 nitrogen and oxygen atoms in total. The van der Waals surface area contributed by atoms with Crippen LogP contribution in [0.15, 0.2) is 42.7 Å². The zero-order valence-corrected chi connectivity index (χ0v) is 12.2. The van der Waals surface area contributed by atoms with Crippen molar-refractivity contribution in [3.8, 4) is 5.69 Å². The number of hydrogen-bond acceptors (Lipinski definition) is 5. The highest BCUT2D eigenvalue weighted by Gasteiger charge is 2.19. The summed E-state index contributed by atoms with van der Waals surface area (Å²) in [6.45, 7) is 0. The van der Waals surface area contributed by atoms with Crippen LogP contribution in [0.25, 0.3) is 5.69 Å². The molecule has 0 spiro atoms. The Hall–Kier alpha value is -3.49. The largest absolute Gasteiger partial charge is 0.397 e. The maximum Gasteiger partial charge on any atom is 0.271 e. The molecular weight excluding hydrogens is 318 g/mol. The Balaban J connectivity index is 2.05. The number of primary amides is 1. The number of nitrogens with two attached hydrogens (primary N) is 2. The summed E-state index contributed by atoms with van der Waals surface area (Å²) in [7, 11) is 0. The third-order valence-electron chi connectivity index (χ3n) is 3.16. The third kappa shape index (κ3) is 2.86.